The summed E-state index contributed by atoms with van der Waals surface area (Å²) in [5, 5.41) is 3.42. The van der Waals surface area contributed by atoms with Crippen LogP contribution in [0.25, 0.3) is 0 Å². The smallest absolute Gasteiger partial charge is 0.263 e. The van der Waals surface area contributed by atoms with Crippen LogP contribution in [0.5, 0.6) is 5.75 Å². The van der Waals surface area contributed by atoms with Gasteiger partial charge in [-0.25, -0.2) is 8.42 Å². The number of hydrogen-bond donors (Lipinski definition) is 2. The summed E-state index contributed by atoms with van der Waals surface area (Å²) in [6.45, 7) is 3.10. The number of nitrogens with one attached hydrogen (secondary N) is 1. The summed E-state index contributed by atoms with van der Waals surface area (Å²) in [4.78, 5) is 14.3. The van der Waals surface area contributed by atoms with Crippen LogP contribution in [0.3, 0.4) is 0 Å². The summed E-state index contributed by atoms with van der Waals surface area (Å²) in [5.74, 6) is 0.407. The van der Waals surface area contributed by atoms with Crippen molar-refractivity contribution in [2.24, 2.45) is 0 Å². The second kappa shape index (κ2) is 6.10. The Morgan fingerprint density at radius 2 is 2.05 bits per heavy atom. The Bertz CT molecular complexity index is 625. The highest BCUT2D eigenvalue weighted by molar-refractivity contribution is 7.91. The molecule has 0 atom stereocenters. The van der Waals surface area contributed by atoms with Crippen molar-refractivity contribution in [3.05, 3.63) is 4.88 Å². The highest BCUT2D eigenvalue weighted by Crippen LogP contribution is 2.45. The maximum Gasteiger partial charge on any atom is 0.263 e. The van der Waals surface area contributed by atoms with Gasteiger partial charge in [0.05, 0.1) is 18.6 Å². The number of carbonyl (C=O) groups is 1. The quantitative estimate of drug-likeness (QED) is 0.823. The van der Waals surface area contributed by atoms with E-state index in [0.29, 0.717) is 40.9 Å². The Kier molecular flexibility index (Phi) is 4.62. The number of nitrogen functional groups attached to an aromatic ring is 1. The first-order valence-electron chi connectivity index (χ1n) is 6.59. The fourth-order valence-corrected chi connectivity index (χ4v) is 4.51. The number of thiophene rings is 1. The van der Waals surface area contributed by atoms with Gasteiger partial charge >= 0.3 is 0 Å². The van der Waals surface area contributed by atoms with E-state index in [2.05, 4.69) is 5.32 Å². The molecule has 0 aliphatic carbocycles. The van der Waals surface area contributed by atoms with Crippen molar-refractivity contribution in [3.63, 3.8) is 0 Å². The lowest BCUT2D eigenvalue weighted by atomic mass is 10.3. The molecule has 21 heavy (non-hydrogen) atoms. The van der Waals surface area contributed by atoms with E-state index in [1.54, 1.807) is 0 Å². The molecule has 0 spiro atoms. The molecule has 2 heterocycles. The topological polar surface area (TPSA) is 102 Å². The van der Waals surface area contributed by atoms with Crippen molar-refractivity contribution in [2.45, 2.75) is 6.92 Å². The van der Waals surface area contributed by atoms with Gasteiger partial charge in [0.1, 0.15) is 15.6 Å². The highest BCUT2D eigenvalue weighted by Gasteiger charge is 2.29. The summed E-state index contributed by atoms with van der Waals surface area (Å²) in [6, 6.07) is 0. The second-order valence-corrected chi connectivity index (χ2v) is 7.98. The minimum absolute atomic E-state index is 0.102. The van der Waals surface area contributed by atoms with Gasteiger partial charge in [-0.2, -0.15) is 0 Å². The lowest BCUT2D eigenvalue weighted by molar-refractivity contribution is 0.0960. The first-order chi connectivity index (χ1) is 9.89. The van der Waals surface area contributed by atoms with Gasteiger partial charge in [0.2, 0.25) is 0 Å². The Morgan fingerprint density at radius 1 is 1.43 bits per heavy atom. The Morgan fingerprint density at radius 3 is 2.57 bits per heavy atom. The zero-order chi connectivity index (χ0) is 15.6. The van der Waals surface area contributed by atoms with Crippen molar-refractivity contribution in [2.75, 3.05) is 48.9 Å². The molecule has 1 saturated heterocycles. The molecular weight excluding hydrogens is 314 g/mol. The molecular formula is C12H19N3O4S2. The van der Waals surface area contributed by atoms with Crippen LogP contribution in [0.15, 0.2) is 0 Å². The molecule has 1 aliphatic heterocycles. The number of rotatable bonds is 4. The minimum atomic E-state index is -2.96. The highest BCUT2D eigenvalue weighted by atomic mass is 32.2. The normalized spacial score (nSPS) is 17.5. The molecule has 1 fully saturated rings. The van der Waals surface area contributed by atoms with Crippen LogP contribution in [0.1, 0.15) is 16.6 Å². The largest absolute Gasteiger partial charge is 0.492 e. The molecule has 0 aromatic carbocycles. The summed E-state index contributed by atoms with van der Waals surface area (Å²) < 4.78 is 28.3. The average molecular weight is 333 g/mol. The molecule has 0 saturated carbocycles. The van der Waals surface area contributed by atoms with Crippen molar-refractivity contribution in [1.82, 2.24) is 5.32 Å². The van der Waals surface area contributed by atoms with E-state index >= 15 is 0 Å². The first-order valence-corrected chi connectivity index (χ1v) is 9.23. The van der Waals surface area contributed by atoms with Crippen LogP contribution in [-0.4, -0.2) is 52.6 Å². The van der Waals surface area contributed by atoms with Crippen molar-refractivity contribution in [3.8, 4) is 5.75 Å². The molecule has 9 heteroatoms. The van der Waals surface area contributed by atoms with Crippen LogP contribution >= 0.6 is 11.3 Å². The first kappa shape index (κ1) is 15.9. The van der Waals surface area contributed by atoms with Gasteiger partial charge in [-0.1, -0.05) is 0 Å². The van der Waals surface area contributed by atoms with E-state index in [9.17, 15) is 13.2 Å². The Labute approximate surface area is 128 Å². The third kappa shape index (κ3) is 3.24. The van der Waals surface area contributed by atoms with Gasteiger partial charge < -0.3 is 20.7 Å². The Balaban J connectivity index is 2.31. The third-order valence-corrected chi connectivity index (χ3v) is 6.12. The summed E-state index contributed by atoms with van der Waals surface area (Å²) in [7, 11) is -1.47. The van der Waals surface area contributed by atoms with Crippen molar-refractivity contribution in [1.29, 1.82) is 0 Å². The number of ether oxygens (including phenoxy) is 1. The molecule has 2 rings (SSSR count). The zero-order valence-electron chi connectivity index (χ0n) is 12.0. The average Bonchev–Trinajstić information content (AvgIpc) is 2.76. The molecule has 0 unspecified atom stereocenters. The molecule has 1 amide bonds. The van der Waals surface area contributed by atoms with Crippen molar-refractivity contribution < 1.29 is 17.9 Å². The fraction of sp³-hybridized carbons (Fsp3) is 0.583. The van der Waals surface area contributed by atoms with E-state index < -0.39 is 9.84 Å². The van der Waals surface area contributed by atoms with E-state index in [4.69, 9.17) is 10.5 Å². The molecule has 7 nitrogen and oxygen atoms in total. The lowest BCUT2D eigenvalue weighted by Gasteiger charge is -2.27. The molecule has 1 aliphatic rings. The summed E-state index contributed by atoms with van der Waals surface area (Å²) in [6.07, 6.45) is 0. The van der Waals surface area contributed by atoms with Gasteiger partial charge in [0.25, 0.3) is 5.91 Å². The van der Waals surface area contributed by atoms with Gasteiger partial charge in [0, 0.05) is 19.6 Å². The number of nitrogens with zero attached hydrogens (tertiary/aromatic N) is 1. The van der Waals surface area contributed by atoms with Crippen LogP contribution in [0, 0.1) is 0 Å². The zero-order valence-corrected chi connectivity index (χ0v) is 13.6. The number of sulfone groups is 1. The number of anilines is 2. The Hall–Kier alpha value is -1.48. The summed E-state index contributed by atoms with van der Waals surface area (Å²) in [5.41, 5.74) is 6.29. The second-order valence-electron chi connectivity index (χ2n) is 4.68. The van der Waals surface area contributed by atoms with E-state index in [1.807, 2.05) is 11.8 Å². The van der Waals surface area contributed by atoms with E-state index in [-0.39, 0.29) is 17.4 Å². The maximum atomic E-state index is 12.0. The molecule has 0 radical (unpaired) electrons. The maximum absolute atomic E-state index is 12.0. The molecule has 3 N–H and O–H groups in total. The third-order valence-electron chi connectivity index (χ3n) is 3.26. The number of methoxy groups -OCH3 is 1. The molecule has 118 valence electrons. The van der Waals surface area contributed by atoms with Crippen LogP contribution in [0.2, 0.25) is 0 Å². The lowest BCUT2D eigenvalue weighted by Crippen LogP contribution is -2.40. The number of hydrogen-bond acceptors (Lipinski definition) is 7. The summed E-state index contributed by atoms with van der Waals surface area (Å²) >= 11 is 1.23. The van der Waals surface area contributed by atoms with Crippen LogP contribution in [-0.2, 0) is 9.84 Å². The molecule has 0 bridgehead atoms. The molecule has 1 aromatic rings. The minimum Gasteiger partial charge on any atom is -0.492 e. The van der Waals surface area contributed by atoms with Crippen LogP contribution in [0.4, 0.5) is 10.7 Å². The van der Waals surface area contributed by atoms with Gasteiger partial charge in [-0.05, 0) is 6.92 Å². The predicted octanol–water partition coefficient (Wildman–Crippen LogP) is 0.323. The van der Waals surface area contributed by atoms with E-state index in [0.717, 1.165) is 0 Å². The van der Waals surface area contributed by atoms with Crippen molar-refractivity contribution >= 4 is 37.8 Å². The van der Waals surface area contributed by atoms with Gasteiger partial charge in [0.15, 0.2) is 15.6 Å². The standard InChI is InChI=1S/C12H19N3O4S2/c1-3-14-11(16)10-8(13)9(19-2)12(20-10)15-4-6-21(17,18)7-5-15/h3-7,13H2,1-2H3,(H,14,16). The van der Waals surface area contributed by atoms with Gasteiger partial charge in [-0.3, -0.25) is 4.79 Å². The predicted molar refractivity (Wildman–Crippen MR) is 84.2 cm³/mol. The monoisotopic (exact) mass is 333 g/mol. The molecule has 1 aromatic heterocycles. The number of nitrogens with two attached hydrogens (primary N) is 1. The number of carbonyl (C=O) groups excluding carboxylic acids is 1. The van der Waals surface area contributed by atoms with Crippen LogP contribution < -0.4 is 20.7 Å². The fourth-order valence-electron chi connectivity index (χ4n) is 2.15. The SMILES string of the molecule is CCNC(=O)c1sc(N2CCS(=O)(=O)CC2)c(OC)c1N. The number of amides is 1. The van der Waals surface area contributed by atoms with Gasteiger partial charge in [-0.15, -0.1) is 11.3 Å². The van der Waals surface area contributed by atoms with E-state index in [1.165, 1.54) is 18.4 Å².